The number of aryl methyl sites for hydroxylation is 1. The molecule has 0 fully saturated rings. The minimum Gasteiger partial charge on any atom is -0.357 e. The molecule has 0 spiro atoms. The highest BCUT2D eigenvalue weighted by molar-refractivity contribution is 14.0. The number of fused-ring (bicyclic) bond motifs is 1. The van der Waals surface area contributed by atoms with Crippen molar-refractivity contribution in [2.24, 2.45) is 4.99 Å². The van der Waals surface area contributed by atoms with Crippen molar-refractivity contribution in [2.75, 3.05) is 19.6 Å². The molecular weight excluding hydrogens is 389 g/mol. The molecule has 2 N–H and O–H groups in total. The highest BCUT2D eigenvalue weighted by atomic mass is 127. The number of hydrogen-bond donors (Lipinski definition) is 2. The average Bonchev–Trinajstić information content (AvgIpc) is 2.89. The number of guanidine groups is 1. The third-order valence-corrected chi connectivity index (χ3v) is 3.07. The van der Waals surface area contributed by atoms with Crippen LogP contribution in [-0.4, -0.2) is 35.0 Å². The molecule has 6 heteroatoms. The summed E-state index contributed by atoms with van der Waals surface area (Å²) in [6, 6.07) is 4.09. The van der Waals surface area contributed by atoms with Gasteiger partial charge in [-0.2, -0.15) is 0 Å². The van der Waals surface area contributed by atoms with E-state index in [2.05, 4.69) is 50.1 Å². The SMILES string of the molecule is C#CCNC(=NCCc1cn2cccc(C)c2n1)NCC.I. The lowest BCUT2D eigenvalue weighted by Crippen LogP contribution is -2.37. The summed E-state index contributed by atoms with van der Waals surface area (Å²) in [4.78, 5) is 9.13. The summed E-state index contributed by atoms with van der Waals surface area (Å²) in [5.41, 5.74) is 3.23. The predicted octanol–water partition coefficient (Wildman–Crippen LogP) is 1.99. The van der Waals surface area contributed by atoms with Crippen LogP contribution in [0, 0.1) is 19.3 Å². The van der Waals surface area contributed by atoms with Gasteiger partial charge in [0.05, 0.1) is 12.2 Å². The fraction of sp³-hybridized carbons (Fsp3) is 0.375. The Morgan fingerprint density at radius 3 is 2.95 bits per heavy atom. The fourth-order valence-electron chi connectivity index (χ4n) is 2.08. The van der Waals surface area contributed by atoms with Crippen LogP contribution in [0.3, 0.4) is 0 Å². The quantitative estimate of drug-likeness (QED) is 0.343. The van der Waals surface area contributed by atoms with Gasteiger partial charge in [-0.15, -0.1) is 30.4 Å². The largest absolute Gasteiger partial charge is 0.357 e. The molecule has 2 aromatic heterocycles. The monoisotopic (exact) mass is 411 g/mol. The summed E-state index contributed by atoms with van der Waals surface area (Å²) in [7, 11) is 0. The van der Waals surface area contributed by atoms with Gasteiger partial charge < -0.3 is 15.0 Å². The number of terminal acetylenes is 1. The van der Waals surface area contributed by atoms with E-state index in [1.54, 1.807) is 0 Å². The minimum absolute atomic E-state index is 0. The molecule has 22 heavy (non-hydrogen) atoms. The van der Waals surface area contributed by atoms with Gasteiger partial charge in [0.1, 0.15) is 5.65 Å². The van der Waals surface area contributed by atoms with E-state index in [4.69, 9.17) is 6.42 Å². The van der Waals surface area contributed by atoms with Gasteiger partial charge in [0.2, 0.25) is 0 Å². The first-order valence-corrected chi connectivity index (χ1v) is 7.13. The van der Waals surface area contributed by atoms with Crippen molar-refractivity contribution in [2.45, 2.75) is 20.3 Å². The standard InChI is InChI=1S/C16H21N5.HI/c1-4-9-18-16(17-5-2)19-10-8-14-12-21-11-6-7-13(3)15(21)20-14;/h1,6-7,11-12H,5,8-10H2,2-3H3,(H2,17,18,19);1H. The number of pyridine rings is 1. The number of nitrogens with one attached hydrogen (secondary N) is 2. The third kappa shape index (κ3) is 4.91. The number of aromatic nitrogens is 2. The number of rotatable bonds is 5. The normalized spacial score (nSPS) is 10.9. The van der Waals surface area contributed by atoms with Gasteiger partial charge in [0.25, 0.3) is 0 Å². The zero-order valence-electron chi connectivity index (χ0n) is 13.0. The highest BCUT2D eigenvalue weighted by Gasteiger charge is 2.03. The zero-order valence-corrected chi connectivity index (χ0v) is 15.3. The Morgan fingerprint density at radius 1 is 1.45 bits per heavy atom. The van der Waals surface area contributed by atoms with Gasteiger partial charge in [0.15, 0.2) is 5.96 Å². The molecule has 0 aromatic carbocycles. The Labute approximate surface area is 148 Å². The van der Waals surface area contributed by atoms with E-state index in [0.29, 0.717) is 13.1 Å². The molecular formula is C16H22IN5. The van der Waals surface area contributed by atoms with Gasteiger partial charge in [-0.1, -0.05) is 12.0 Å². The van der Waals surface area contributed by atoms with Crippen LogP contribution in [0.1, 0.15) is 18.2 Å². The lowest BCUT2D eigenvalue weighted by atomic mass is 10.3. The minimum atomic E-state index is 0. The van der Waals surface area contributed by atoms with Gasteiger partial charge >= 0.3 is 0 Å². The maximum absolute atomic E-state index is 5.24. The number of hydrogen-bond acceptors (Lipinski definition) is 2. The second-order valence-electron chi connectivity index (χ2n) is 4.72. The van der Waals surface area contributed by atoms with E-state index >= 15 is 0 Å². The van der Waals surface area contributed by atoms with Crippen molar-refractivity contribution < 1.29 is 0 Å². The molecule has 2 heterocycles. The Bertz CT molecular complexity index is 669. The first-order chi connectivity index (χ1) is 10.2. The van der Waals surface area contributed by atoms with Crippen LogP contribution in [0.4, 0.5) is 0 Å². The molecule has 0 saturated heterocycles. The molecule has 0 atom stereocenters. The average molecular weight is 411 g/mol. The second-order valence-corrected chi connectivity index (χ2v) is 4.72. The lowest BCUT2D eigenvalue weighted by molar-refractivity contribution is 0.850. The van der Waals surface area contributed by atoms with Crippen molar-refractivity contribution in [1.29, 1.82) is 0 Å². The summed E-state index contributed by atoms with van der Waals surface area (Å²) in [6.07, 6.45) is 10.1. The van der Waals surface area contributed by atoms with E-state index in [1.165, 1.54) is 5.56 Å². The van der Waals surface area contributed by atoms with Crippen molar-refractivity contribution in [3.05, 3.63) is 35.8 Å². The molecule has 0 amide bonds. The van der Waals surface area contributed by atoms with Crippen molar-refractivity contribution in [3.63, 3.8) is 0 Å². The molecule has 0 saturated carbocycles. The van der Waals surface area contributed by atoms with Crippen LogP contribution >= 0.6 is 24.0 Å². The van der Waals surface area contributed by atoms with Crippen LogP contribution < -0.4 is 10.6 Å². The summed E-state index contributed by atoms with van der Waals surface area (Å²) in [5.74, 6) is 3.29. The van der Waals surface area contributed by atoms with Gasteiger partial charge in [-0.3, -0.25) is 4.99 Å². The van der Waals surface area contributed by atoms with Crippen molar-refractivity contribution in [1.82, 2.24) is 20.0 Å². The predicted molar refractivity (Wildman–Crippen MR) is 102 cm³/mol. The van der Waals surface area contributed by atoms with Crippen molar-refractivity contribution in [3.8, 4) is 12.3 Å². The van der Waals surface area contributed by atoms with Gasteiger partial charge in [-0.25, -0.2) is 4.98 Å². The van der Waals surface area contributed by atoms with Crippen LogP contribution in [0.25, 0.3) is 5.65 Å². The van der Waals surface area contributed by atoms with Crippen LogP contribution in [-0.2, 0) is 6.42 Å². The van der Waals surface area contributed by atoms with Gasteiger partial charge in [-0.05, 0) is 25.5 Å². The Morgan fingerprint density at radius 2 is 2.27 bits per heavy atom. The van der Waals surface area contributed by atoms with Gasteiger partial charge in [0, 0.05) is 31.9 Å². The maximum Gasteiger partial charge on any atom is 0.192 e. The number of halogens is 1. The van der Waals surface area contributed by atoms with Crippen LogP contribution in [0.2, 0.25) is 0 Å². The molecule has 0 aliphatic carbocycles. The molecule has 2 aromatic rings. The zero-order chi connectivity index (χ0) is 15.1. The van der Waals surface area contributed by atoms with Crippen LogP contribution in [0.15, 0.2) is 29.5 Å². The van der Waals surface area contributed by atoms with Crippen molar-refractivity contribution >= 4 is 35.6 Å². The summed E-state index contributed by atoms with van der Waals surface area (Å²) in [5, 5.41) is 6.23. The summed E-state index contributed by atoms with van der Waals surface area (Å²) < 4.78 is 2.05. The Hall–Kier alpha value is -1.75. The first kappa shape index (κ1) is 18.3. The number of aliphatic imine (C=N–C) groups is 1. The number of imidazole rings is 1. The van der Waals surface area contributed by atoms with Crippen LogP contribution in [0.5, 0.6) is 0 Å². The van der Waals surface area contributed by atoms with E-state index in [9.17, 15) is 0 Å². The third-order valence-electron chi connectivity index (χ3n) is 3.07. The number of nitrogens with zero attached hydrogens (tertiary/aromatic N) is 3. The maximum atomic E-state index is 5.24. The molecule has 0 aliphatic rings. The smallest absolute Gasteiger partial charge is 0.192 e. The lowest BCUT2D eigenvalue weighted by Gasteiger charge is -2.08. The molecule has 0 aliphatic heterocycles. The van der Waals surface area contributed by atoms with E-state index in [0.717, 1.165) is 30.3 Å². The first-order valence-electron chi connectivity index (χ1n) is 7.13. The molecule has 0 unspecified atom stereocenters. The molecule has 118 valence electrons. The molecule has 5 nitrogen and oxygen atoms in total. The highest BCUT2D eigenvalue weighted by Crippen LogP contribution is 2.10. The van der Waals surface area contributed by atoms with E-state index in [-0.39, 0.29) is 24.0 Å². The second kappa shape index (κ2) is 9.30. The topological polar surface area (TPSA) is 53.7 Å². The molecule has 0 bridgehead atoms. The Kier molecular flexibility index (Phi) is 7.74. The fourth-order valence-corrected chi connectivity index (χ4v) is 2.08. The van der Waals surface area contributed by atoms with E-state index in [1.807, 2.05) is 19.2 Å². The summed E-state index contributed by atoms with van der Waals surface area (Å²) in [6.45, 7) is 6.04. The Balaban J connectivity index is 0.00000242. The molecule has 0 radical (unpaired) electrons. The summed E-state index contributed by atoms with van der Waals surface area (Å²) >= 11 is 0. The molecule has 2 rings (SSSR count). The van der Waals surface area contributed by atoms with E-state index < -0.39 is 0 Å².